The summed E-state index contributed by atoms with van der Waals surface area (Å²) in [6.07, 6.45) is 7.89. The number of aliphatic hydroxyl groups excluding tert-OH is 1. The van der Waals surface area contributed by atoms with E-state index in [1.54, 1.807) is 0 Å². The van der Waals surface area contributed by atoms with Gasteiger partial charge in [-0.25, -0.2) is 0 Å². The number of ether oxygens (including phenoxy) is 2. The van der Waals surface area contributed by atoms with Crippen LogP contribution in [-0.4, -0.2) is 24.2 Å². The second kappa shape index (κ2) is 4.71. The molecule has 0 amide bonds. The molecule has 3 aliphatic rings. The van der Waals surface area contributed by atoms with Crippen LogP contribution in [0.4, 0.5) is 0 Å². The Morgan fingerprint density at radius 3 is 3.00 bits per heavy atom. The molecule has 2 aliphatic carbocycles. The number of hydrogen-bond donors (Lipinski definition) is 2. The zero-order valence-electron chi connectivity index (χ0n) is 12.6. The summed E-state index contributed by atoms with van der Waals surface area (Å²) in [5.74, 6) is 1.34. The summed E-state index contributed by atoms with van der Waals surface area (Å²) < 4.78 is 11.6. The monoisotopic (exact) mass is 297 g/mol. The third-order valence-electron chi connectivity index (χ3n) is 5.34. The molecule has 4 heteroatoms. The summed E-state index contributed by atoms with van der Waals surface area (Å²) in [6.45, 7) is 2.18. The number of allylic oxidation sites excluding steroid dienone is 2. The number of hydrogen-bond acceptors (Lipinski definition) is 4. The third kappa shape index (κ3) is 1.48. The lowest BCUT2D eigenvalue weighted by Crippen LogP contribution is -2.45. The smallest absolute Gasteiger partial charge is 0.174 e. The maximum absolute atomic E-state index is 9.73. The van der Waals surface area contributed by atoms with Crippen molar-refractivity contribution in [2.75, 3.05) is 6.61 Å². The third-order valence-corrected chi connectivity index (χ3v) is 5.34. The Labute approximate surface area is 129 Å². The number of rotatable bonds is 4. The number of nitrogens with one attached hydrogen (secondary N) is 1. The lowest BCUT2D eigenvalue weighted by atomic mass is 9.60. The van der Waals surface area contributed by atoms with Crippen molar-refractivity contribution in [3.8, 4) is 11.5 Å². The van der Waals surface area contributed by atoms with Crippen molar-refractivity contribution < 1.29 is 14.6 Å². The number of benzene rings is 1. The summed E-state index contributed by atoms with van der Waals surface area (Å²) in [5, 5.41) is 16.9. The van der Waals surface area contributed by atoms with Gasteiger partial charge in [-0.3, -0.25) is 5.41 Å². The molecule has 4 rings (SSSR count). The highest BCUT2D eigenvalue weighted by Gasteiger charge is 2.55. The Bertz CT molecular complexity index is 719. The Balaban J connectivity index is 2.00. The molecule has 2 N–H and O–H groups in total. The minimum Gasteiger partial charge on any atom is -0.480 e. The zero-order valence-corrected chi connectivity index (χ0v) is 12.6. The van der Waals surface area contributed by atoms with Crippen molar-refractivity contribution in [2.45, 2.75) is 37.7 Å². The van der Waals surface area contributed by atoms with E-state index in [9.17, 15) is 5.11 Å². The van der Waals surface area contributed by atoms with E-state index in [1.807, 2.05) is 12.1 Å². The van der Waals surface area contributed by atoms with E-state index in [0.717, 1.165) is 37.0 Å². The maximum atomic E-state index is 9.73. The van der Waals surface area contributed by atoms with Crippen molar-refractivity contribution in [3.63, 3.8) is 0 Å². The summed E-state index contributed by atoms with van der Waals surface area (Å²) in [5.41, 5.74) is 4.62. The van der Waals surface area contributed by atoms with E-state index in [-0.39, 0.29) is 18.1 Å². The van der Waals surface area contributed by atoms with Crippen LogP contribution in [0.3, 0.4) is 0 Å². The molecule has 0 spiro atoms. The molecule has 0 fully saturated rings. The Kier molecular flexibility index (Phi) is 2.91. The van der Waals surface area contributed by atoms with Crippen molar-refractivity contribution in [3.05, 3.63) is 46.6 Å². The van der Waals surface area contributed by atoms with Crippen LogP contribution in [0.2, 0.25) is 0 Å². The number of aliphatic hydroxyl groups is 1. The quantitative estimate of drug-likeness (QED) is 0.663. The first-order chi connectivity index (χ1) is 10.8. The summed E-state index contributed by atoms with van der Waals surface area (Å²) in [6, 6.07) is 3.98. The molecule has 1 unspecified atom stereocenters. The van der Waals surface area contributed by atoms with Gasteiger partial charge in [0.2, 0.25) is 0 Å². The first-order valence-electron chi connectivity index (χ1n) is 7.75. The molecule has 1 aromatic carbocycles. The number of aryl methyl sites for hydroxylation is 1. The van der Waals surface area contributed by atoms with Crippen LogP contribution in [0.5, 0.6) is 11.5 Å². The maximum Gasteiger partial charge on any atom is 0.174 e. The predicted octanol–water partition coefficient (Wildman–Crippen LogP) is 2.89. The van der Waals surface area contributed by atoms with Gasteiger partial charge >= 0.3 is 0 Å². The topological polar surface area (TPSA) is 62.5 Å². The van der Waals surface area contributed by atoms with Crippen molar-refractivity contribution in [1.29, 1.82) is 5.41 Å². The zero-order chi connectivity index (χ0) is 15.3. The fraction of sp³-hybridized carbons (Fsp3) is 0.389. The Morgan fingerprint density at radius 1 is 1.41 bits per heavy atom. The van der Waals surface area contributed by atoms with Crippen LogP contribution < -0.4 is 9.47 Å². The summed E-state index contributed by atoms with van der Waals surface area (Å²) >= 11 is 0. The van der Waals surface area contributed by atoms with Gasteiger partial charge in [0.25, 0.3) is 0 Å². The molecule has 1 aliphatic heterocycles. The fourth-order valence-corrected chi connectivity index (χ4v) is 4.39. The van der Waals surface area contributed by atoms with Gasteiger partial charge in [-0.05, 0) is 36.5 Å². The first-order valence-corrected chi connectivity index (χ1v) is 7.75. The van der Waals surface area contributed by atoms with Gasteiger partial charge in [0.15, 0.2) is 17.9 Å². The van der Waals surface area contributed by atoms with Crippen LogP contribution in [0.15, 0.2) is 35.4 Å². The van der Waals surface area contributed by atoms with Crippen LogP contribution >= 0.6 is 0 Å². The summed E-state index contributed by atoms with van der Waals surface area (Å²) in [7, 11) is 0. The van der Waals surface area contributed by atoms with Gasteiger partial charge in [0, 0.05) is 5.56 Å². The second-order valence-corrected chi connectivity index (χ2v) is 6.08. The Hall–Kier alpha value is -2.07. The SMILES string of the molecule is CCC12C3=CC=C(CO)[C@@H]1Oc1c(OC=N)ccc(c12)CC3. The van der Waals surface area contributed by atoms with Crippen LogP contribution in [-0.2, 0) is 11.8 Å². The molecule has 0 bridgehead atoms. The van der Waals surface area contributed by atoms with Gasteiger partial charge in [-0.1, -0.05) is 30.7 Å². The lowest BCUT2D eigenvalue weighted by molar-refractivity contribution is 0.167. The highest BCUT2D eigenvalue weighted by Crippen LogP contribution is 2.60. The summed E-state index contributed by atoms with van der Waals surface area (Å²) in [4.78, 5) is 0. The average Bonchev–Trinajstić information content (AvgIpc) is 2.92. The molecular weight excluding hydrogens is 278 g/mol. The lowest BCUT2D eigenvalue weighted by Gasteiger charge is -2.42. The average molecular weight is 297 g/mol. The highest BCUT2D eigenvalue weighted by atomic mass is 16.5. The van der Waals surface area contributed by atoms with E-state index in [2.05, 4.69) is 19.1 Å². The molecule has 1 aromatic rings. The van der Waals surface area contributed by atoms with Gasteiger partial charge in [0.05, 0.1) is 12.0 Å². The molecule has 0 radical (unpaired) electrons. The fourth-order valence-electron chi connectivity index (χ4n) is 4.39. The normalized spacial score (nSPS) is 27.5. The molecule has 1 heterocycles. The second-order valence-electron chi connectivity index (χ2n) is 6.08. The van der Waals surface area contributed by atoms with Crippen LogP contribution in [0.1, 0.15) is 30.9 Å². The van der Waals surface area contributed by atoms with E-state index in [1.165, 1.54) is 16.7 Å². The largest absolute Gasteiger partial charge is 0.480 e. The van der Waals surface area contributed by atoms with E-state index < -0.39 is 0 Å². The van der Waals surface area contributed by atoms with E-state index in [0.29, 0.717) is 5.75 Å². The van der Waals surface area contributed by atoms with Crippen molar-refractivity contribution in [1.82, 2.24) is 0 Å². The van der Waals surface area contributed by atoms with Gasteiger partial charge < -0.3 is 14.6 Å². The Morgan fingerprint density at radius 2 is 2.27 bits per heavy atom. The van der Waals surface area contributed by atoms with E-state index in [4.69, 9.17) is 14.9 Å². The molecular formula is C18H19NO3. The van der Waals surface area contributed by atoms with Gasteiger partial charge in [0.1, 0.15) is 6.10 Å². The van der Waals surface area contributed by atoms with Crippen molar-refractivity contribution in [2.24, 2.45) is 0 Å². The molecule has 0 saturated carbocycles. The molecule has 0 aromatic heterocycles. The minimum absolute atomic E-state index is 0.000276. The minimum atomic E-state index is -0.183. The van der Waals surface area contributed by atoms with Crippen LogP contribution in [0.25, 0.3) is 0 Å². The predicted molar refractivity (Wildman–Crippen MR) is 83.8 cm³/mol. The van der Waals surface area contributed by atoms with Crippen LogP contribution in [0, 0.1) is 5.41 Å². The first kappa shape index (κ1) is 13.6. The molecule has 22 heavy (non-hydrogen) atoms. The molecule has 2 atom stereocenters. The molecule has 0 saturated heterocycles. The molecule has 4 nitrogen and oxygen atoms in total. The molecule has 114 valence electrons. The highest BCUT2D eigenvalue weighted by molar-refractivity contribution is 5.67. The van der Waals surface area contributed by atoms with E-state index >= 15 is 0 Å². The van der Waals surface area contributed by atoms with Gasteiger partial charge in [-0.15, -0.1) is 0 Å². The standard InChI is InChI=1S/C18H19NO3/c1-2-18-13-6-3-11-5-8-14(21-10-19)16(15(11)18)22-17(18)12(9-20)4-7-13/h4-5,7-8,10,17,19-20H,2-3,6,9H2,1H3/t17-,18?/m0/s1. The van der Waals surface area contributed by atoms with Gasteiger partial charge in [-0.2, -0.15) is 0 Å². The van der Waals surface area contributed by atoms with Crippen molar-refractivity contribution >= 4 is 6.40 Å².